The van der Waals surface area contributed by atoms with Crippen LogP contribution in [-0.2, 0) is 0 Å². The fraction of sp³-hybridized carbons (Fsp3) is 0.167. The number of hydrogen-bond acceptors (Lipinski definition) is 5. The van der Waals surface area contributed by atoms with E-state index in [9.17, 15) is 0 Å². The molecule has 2 heterocycles. The van der Waals surface area contributed by atoms with Crippen molar-refractivity contribution in [2.45, 2.75) is 12.1 Å². The number of aromatic nitrogens is 4. The monoisotopic (exact) mass is 338 g/mol. The third-order valence-electron chi connectivity index (χ3n) is 3.35. The van der Waals surface area contributed by atoms with E-state index in [-0.39, 0.29) is 0 Å². The summed E-state index contributed by atoms with van der Waals surface area (Å²) in [6.45, 7) is 5.96. The Morgan fingerprint density at radius 1 is 1.12 bits per heavy atom. The lowest BCUT2D eigenvalue weighted by atomic mass is 10.2. The molecular weight excluding hydrogens is 320 g/mol. The van der Waals surface area contributed by atoms with Crippen molar-refractivity contribution in [2.24, 2.45) is 0 Å². The van der Waals surface area contributed by atoms with Gasteiger partial charge in [-0.15, -0.1) is 10.2 Å². The summed E-state index contributed by atoms with van der Waals surface area (Å²) < 4.78 is 7.29. The Hall–Kier alpha value is -2.60. The molecule has 0 radical (unpaired) electrons. The maximum Gasteiger partial charge on any atom is 0.196 e. The van der Waals surface area contributed by atoms with Gasteiger partial charge in [0.05, 0.1) is 7.11 Å². The van der Waals surface area contributed by atoms with Crippen molar-refractivity contribution < 1.29 is 4.74 Å². The summed E-state index contributed by atoms with van der Waals surface area (Å²) in [5.41, 5.74) is 3.04. The molecular formula is C18H18N4OS. The third-order valence-corrected chi connectivity index (χ3v) is 4.51. The lowest BCUT2D eigenvalue weighted by Crippen LogP contribution is -2.00. The number of pyridine rings is 1. The Labute approximate surface area is 145 Å². The largest absolute Gasteiger partial charge is 0.497 e. The predicted octanol–water partition coefficient (Wildman–Crippen LogP) is 4.01. The van der Waals surface area contributed by atoms with Gasteiger partial charge in [0.15, 0.2) is 11.0 Å². The van der Waals surface area contributed by atoms with Gasteiger partial charge in [-0.05, 0) is 43.3 Å². The molecule has 0 fully saturated rings. The van der Waals surface area contributed by atoms with Gasteiger partial charge in [-0.1, -0.05) is 23.9 Å². The van der Waals surface area contributed by atoms with Crippen LogP contribution in [0.15, 0.2) is 66.1 Å². The number of thioether (sulfide) groups is 1. The first kappa shape index (κ1) is 16.3. The first-order valence-electron chi connectivity index (χ1n) is 7.46. The van der Waals surface area contributed by atoms with E-state index in [0.717, 1.165) is 39.3 Å². The molecule has 0 aliphatic heterocycles. The molecule has 122 valence electrons. The SMILES string of the molecule is C=C(C)CSc1nnc(-c2ccncc2)n1-c1ccc(OC)cc1. The average molecular weight is 338 g/mol. The normalized spacial score (nSPS) is 10.6. The molecule has 24 heavy (non-hydrogen) atoms. The molecule has 6 heteroatoms. The van der Waals surface area contributed by atoms with Gasteiger partial charge < -0.3 is 4.74 Å². The van der Waals surface area contributed by atoms with E-state index in [4.69, 9.17) is 4.74 Å². The molecule has 0 spiro atoms. The van der Waals surface area contributed by atoms with Gasteiger partial charge in [-0.2, -0.15) is 0 Å². The van der Waals surface area contributed by atoms with Gasteiger partial charge >= 0.3 is 0 Å². The zero-order chi connectivity index (χ0) is 16.9. The van der Waals surface area contributed by atoms with Crippen LogP contribution in [0.2, 0.25) is 0 Å². The molecule has 0 bridgehead atoms. The molecule has 3 rings (SSSR count). The second kappa shape index (κ2) is 7.31. The average Bonchev–Trinajstić information content (AvgIpc) is 3.04. The Bertz CT molecular complexity index is 828. The second-order valence-corrected chi connectivity index (χ2v) is 6.26. The molecule has 2 aromatic heterocycles. The Kier molecular flexibility index (Phi) is 4.96. The van der Waals surface area contributed by atoms with Gasteiger partial charge in [-0.3, -0.25) is 9.55 Å². The summed E-state index contributed by atoms with van der Waals surface area (Å²) in [6, 6.07) is 11.7. The fourth-order valence-corrected chi connectivity index (χ4v) is 3.00. The Morgan fingerprint density at radius 3 is 2.46 bits per heavy atom. The summed E-state index contributed by atoms with van der Waals surface area (Å²) in [5, 5.41) is 9.58. The van der Waals surface area contributed by atoms with Crippen LogP contribution in [0.3, 0.4) is 0 Å². The summed E-state index contributed by atoms with van der Waals surface area (Å²) in [6.07, 6.45) is 3.51. The van der Waals surface area contributed by atoms with Crippen LogP contribution in [0.4, 0.5) is 0 Å². The number of benzene rings is 1. The van der Waals surface area contributed by atoms with Gasteiger partial charge in [0.1, 0.15) is 5.75 Å². The number of ether oxygens (including phenoxy) is 1. The van der Waals surface area contributed by atoms with Crippen molar-refractivity contribution >= 4 is 11.8 Å². The van der Waals surface area contributed by atoms with E-state index >= 15 is 0 Å². The summed E-state index contributed by atoms with van der Waals surface area (Å²) in [4.78, 5) is 4.07. The highest BCUT2D eigenvalue weighted by molar-refractivity contribution is 7.99. The molecule has 0 atom stereocenters. The lowest BCUT2D eigenvalue weighted by molar-refractivity contribution is 0.414. The van der Waals surface area contributed by atoms with Gasteiger partial charge in [0, 0.05) is 29.4 Å². The first-order chi connectivity index (χ1) is 11.7. The van der Waals surface area contributed by atoms with Crippen molar-refractivity contribution in [3.63, 3.8) is 0 Å². The summed E-state index contributed by atoms with van der Waals surface area (Å²) >= 11 is 1.62. The lowest BCUT2D eigenvalue weighted by Gasteiger charge is -2.11. The zero-order valence-corrected chi connectivity index (χ0v) is 14.5. The molecule has 1 aromatic carbocycles. The fourth-order valence-electron chi connectivity index (χ4n) is 2.20. The van der Waals surface area contributed by atoms with Gasteiger partial charge in [0.25, 0.3) is 0 Å². The van der Waals surface area contributed by atoms with E-state index in [0.29, 0.717) is 0 Å². The highest BCUT2D eigenvalue weighted by Gasteiger charge is 2.16. The van der Waals surface area contributed by atoms with E-state index < -0.39 is 0 Å². The van der Waals surface area contributed by atoms with Crippen LogP contribution in [0, 0.1) is 0 Å². The van der Waals surface area contributed by atoms with Gasteiger partial charge in [-0.25, -0.2) is 0 Å². The molecule has 3 aromatic rings. The quantitative estimate of drug-likeness (QED) is 0.502. The molecule has 0 unspecified atom stereocenters. The van der Waals surface area contributed by atoms with Crippen LogP contribution >= 0.6 is 11.8 Å². The number of methoxy groups -OCH3 is 1. The van der Waals surface area contributed by atoms with E-state index in [2.05, 4.69) is 21.8 Å². The van der Waals surface area contributed by atoms with Crippen molar-refractivity contribution in [1.29, 1.82) is 0 Å². The molecule has 0 N–H and O–H groups in total. The maximum atomic E-state index is 5.25. The molecule has 0 aliphatic carbocycles. The minimum absolute atomic E-state index is 0.784. The highest BCUT2D eigenvalue weighted by atomic mass is 32.2. The molecule has 0 aliphatic rings. The summed E-state index contributed by atoms with van der Waals surface area (Å²) in [7, 11) is 1.66. The van der Waals surface area contributed by atoms with E-state index in [1.54, 1.807) is 31.3 Å². The Morgan fingerprint density at radius 2 is 1.83 bits per heavy atom. The van der Waals surface area contributed by atoms with E-state index in [1.165, 1.54) is 0 Å². The minimum atomic E-state index is 0.784. The standard InChI is InChI=1S/C18H18N4OS/c1-13(2)12-24-18-21-20-17(14-8-10-19-11-9-14)22(18)15-4-6-16(23-3)7-5-15/h4-11H,1,12H2,2-3H3. The first-order valence-corrected chi connectivity index (χ1v) is 8.45. The van der Waals surface area contributed by atoms with Crippen LogP contribution in [0.1, 0.15) is 6.92 Å². The molecule has 0 amide bonds. The molecule has 0 saturated heterocycles. The third kappa shape index (κ3) is 3.49. The zero-order valence-electron chi connectivity index (χ0n) is 13.6. The number of hydrogen-bond donors (Lipinski definition) is 0. The van der Waals surface area contributed by atoms with Gasteiger partial charge in [0.2, 0.25) is 0 Å². The van der Waals surface area contributed by atoms with Crippen molar-refractivity contribution in [3.8, 4) is 22.8 Å². The Balaban J connectivity index is 2.08. The molecule has 5 nitrogen and oxygen atoms in total. The predicted molar refractivity (Wildman–Crippen MR) is 96.7 cm³/mol. The second-order valence-electron chi connectivity index (χ2n) is 5.32. The smallest absolute Gasteiger partial charge is 0.196 e. The highest BCUT2D eigenvalue weighted by Crippen LogP contribution is 2.29. The molecule has 0 saturated carbocycles. The van der Waals surface area contributed by atoms with Crippen molar-refractivity contribution in [1.82, 2.24) is 19.7 Å². The number of nitrogens with zero attached hydrogens (tertiary/aromatic N) is 4. The number of rotatable bonds is 6. The van der Waals surface area contributed by atoms with Crippen LogP contribution in [0.25, 0.3) is 17.1 Å². The van der Waals surface area contributed by atoms with Crippen molar-refractivity contribution in [3.05, 3.63) is 60.9 Å². The maximum absolute atomic E-state index is 5.25. The minimum Gasteiger partial charge on any atom is -0.497 e. The van der Waals surface area contributed by atoms with Crippen molar-refractivity contribution in [2.75, 3.05) is 12.9 Å². The van der Waals surface area contributed by atoms with Crippen LogP contribution in [0.5, 0.6) is 5.75 Å². The topological polar surface area (TPSA) is 52.8 Å². The summed E-state index contributed by atoms with van der Waals surface area (Å²) in [5.74, 6) is 2.39. The van der Waals surface area contributed by atoms with Crippen LogP contribution < -0.4 is 4.74 Å². The van der Waals surface area contributed by atoms with Crippen LogP contribution in [-0.4, -0.2) is 32.6 Å². The van der Waals surface area contributed by atoms with E-state index in [1.807, 2.05) is 47.9 Å².